The van der Waals surface area contributed by atoms with Crippen LogP contribution in [0.1, 0.15) is 47.5 Å². The minimum atomic E-state index is -0.154. The molecule has 0 bridgehead atoms. The van der Waals surface area contributed by atoms with Crippen LogP contribution in [0.4, 0.5) is 0 Å². The predicted molar refractivity (Wildman–Crippen MR) is 147 cm³/mol. The maximum absolute atomic E-state index is 13.6. The number of aromatic nitrogens is 1. The summed E-state index contributed by atoms with van der Waals surface area (Å²) >= 11 is 3.53. The van der Waals surface area contributed by atoms with Crippen molar-refractivity contribution >= 4 is 44.6 Å². The normalized spacial score (nSPS) is 19.8. The van der Waals surface area contributed by atoms with E-state index in [1.165, 1.54) is 11.6 Å². The summed E-state index contributed by atoms with van der Waals surface area (Å²) in [5.41, 5.74) is 2.65. The van der Waals surface area contributed by atoms with E-state index >= 15 is 0 Å². The minimum Gasteiger partial charge on any atom is -0.349 e. The summed E-state index contributed by atoms with van der Waals surface area (Å²) in [4.78, 5) is 39.7. The topological polar surface area (TPSA) is 83.4 Å². The van der Waals surface area contributed by atoms with Crippen LogP contribution in [-0.2, 0) is 16.1 Å². The van der Waals surface area contributed by atoms with Crippen molar-refractivity contribution in [3.05, 3.63) is 83.0 Å². The molecule has 192 valence electrons. The number of likely N-dealkylation sites (tertiary alicyclic amines) is 1. The Balaban J connectivity index is 1.32. The number of carbonyl (C=O) groups is 3. The molecule has 2 aromatic carbocycles. The van der Waals surface area contributed by atoms with Gasteiger partial charge in [-0.2, -0.15) is 0 Å². The van der Waals surface area contributed by atoms with Crippen molar-refractivity contribution in [1.82, 2.24) is 20.1 Å². The minimum absolute atomic E-state index is 0.0670. The Bertz CT molecular complexity index is 1330. The molecule has 2 heterocycles. The first-order valence-electron chi connectivity index (χ1n) is 12.8. The summed E-state index contributed by atoms with van der Waals surface area (Å²) in [6.07, 6.45) is 7.32. The molecule has 1 saturated heterocycles. The molecule has 0 unspecified atom stereocenters. The second-order valence-electron chi connectivity index (χ2n) is 9.93. The van der Waals surface area contributed by atoms with E-state index < -0.39 is 0 Å². The standard InChI is InChI=1S/C29H31BrN4O3/c1-2-28(36)34-15-21(16-34)31-27(35)18-33-17-24(23-14-20(30)12-13-26(23)33)29(37)32-25-11-7-6-10-22(25)19-8-4-3-5-9-19/h2-5,8-9,12-14,17,21-22,25H,1,6-7,10-11,15-16,18H2,(H,31,35)(H,32,37)/t22-,25+/m0/s1. The van der Waals surface area contributed by atoms with Crippen molar-refractivity contribution in [3.63, 3.8) is 0 Å². The molecule has 1 aliphatic carbocycles. The first-order chi connectivity index (χ1) is 17.9. The van der Waals surface area contributed by atoms with Crippen molar-refractivity contribution in [2.45, 2.75) is 50.2 Å². The van der Waals surface area contributed by atoms with Gasteiger partial charge in [0.25, 0.3) is 5.91 Å². The highest BCUT2D eigenvalue weighted by molar-refractivity contribution is 9.10. The largest absolute Gasteiger partial charge is 0.349 e. The number of hydrogen-bond donors (Lipinski definition) is 2. The average Bonchev–Trinajstić information content (AvgIpc) is 3.23. The van der Waals surface area contributed by atoms with Gasteiger partial charge in [-0.3, -0.25) is 14.4 Å². The van der Waals surface area contributed by atoms with Crippen LogP contribution >= 0.6 is 15.9 Å². The molecule has 5 rings (SSSR count). The Kier molecular flexibility index (Phi) is 7.46. The number of amides is 3. The van der Waals surface area contributed by atoms with Gasteiger partial charge in [0.1, 0.15) is 6.54 Å². The van der Waals surface area contributed by atoms with Gasteiger partial charge in [-0.1, -0.05) is 65.7 Å². The smallest absolute Gasteiger partial charge is 0.253 e. The Morgan fingerprint density at radius 3 is 2.54 bits per heavy atom. The third kappa shape index (κ3) is 5.49. The first-order valence-corrected chi connectivity index (χ1v) is 13.6. The van der Waals surface area contributed by atoms with E-state index in [0.717, 1.165) is 41.1 Å². The van der Waals surface area contributed by atoms with Gasteiger partial charge in [-0.05, 0) is 42.7 Å². The zero-order valence-electron chi connectivity index (χ0n) is 20.7. The zero-order valence-corrected chi connectivity index (χ0v) is 22.2. The Morgan fingerprint density at radius 1 is 1.03 bits per heavy atom. The monoisotopic (exact) mass is 562 g/mol. The molecule has 2 aliphatic rings. The number of nitrogens with zero attached hydrogens (tertiary/aromatic N) is 2. The van der Waals surface area contributed by atoms with Crippen molar-refractivity contribution < 1.29 is 14.4 Å². The molecule has 2 atom stereocenters. The van der Waals surface area contributed by atoms with Crippen LogP contribution in [0.2, 0.25) is 0 Å². The summed E-state index contributed by atoms with van der Waals surface area (Å²) in [5.74, 6) is -0.109. The van der Waals surface area contributed by atoms with E-state index in [1.807, 2.05) is 28.8 Å². The van der Waals surface area contributed by atoms with Gasteiger partial charge in [0.05, 0.1) is 11.6 Å². The summed E-state index contributed by atoms with van der Waals surface area (Å²) < 4.78 is 2.70. The summed E-state index contributed by atoms with van der Waals surface area (Å²) in [7, 11) is 0. The van der Waals surface area contributed by atoms with Crippen LogP contribution in [0.3, 0.4) is 0 Å². The maximum atomic E-state index is 13.6. The summed E-state index contributed by atoms with van der Waals surface area (Å²) in [6.45, 7) is 4.55. The van der Waals surface area contributed by atoms with Crippen molar-refractivity contribution in [2.24, 2.45) is 0 Å². The molecular weight excluding hydrogens is 532 g/mol. The van der Waals surface area contributed by atoms with Gasteiger partial charge in [-0.25, -0.2) is 0 Å². The molecule has 2 N–H and O–H groups in total. The highest BCUT2D eigenvalue weighted by Gasteiger charge is 2.31. The molecule has 8 heteroatoms. The van der Waals surface area contributed by atoms with Gasteiger partial charge < -0.3 is 20.1 Å². The van der Waals surface area contributed by atoms with Crippen LogP contribution in [0.15, 0.2) is 71.9 Å². The molecule has 3 amide bonds. The second-order valence-corrected chi connectivity index (χ2v) is 10.8. The molecule has 0 spiro atoms. The van der Waals surface area contributed by atoms with E-state index in [-0.39, 0.29) is 36.3 Å². The number of nitrogens with one attached hydrogen (secondary N) is 2. The van der Waals surface area contributed by atoms with E-state index in [2.05, 4.69) is 57.4 Å². The Labute approximate surface area is 225 Å². The van der Waals surface area contributed by atoms with Crippen molar-refractivity contribution in [1.29, 1.82) is 0 Å². The maximum Gasteiger partial charge on any atom is 0.253 e. The Morgan fingerprint density at radius 2 is 1.78 bits per heavy atom. The van der Waals surface area contributed by atoms with Gasteiger partial charge in [0.2, 0.25) is 11.8 Å². The lowest BCUT2D eigenvalue weighted by Crippen LogP contribution is -2.61. The highest BCUT2D eigenvalue weighted by Crippen LogP contribution is 2.34. The SMILES string of the molecule is C=CC(=O)N1CC(NC(=O)Cn2cc(C(=O)N[C@@H]3CCCC[C@H]3c3ccccc3)c3cc(Br)ccc32)C1. The van der Waals surface area contributed by atoms with Crippen LogP contribution in [-0.4, -0.2) is 52.4 Å². The van der Waals surface area contributed by atoms with E-state index in [4.69, 9.17) is 0 Å². The molecule has 37 heavy (non-hydrogen) atoms. The number of fused-ring (bicyclic) bond motifs is 1. The lowest BCUT2D eigenvalue weighted by molar-refractivity contribution is -0.133. The third-order valence-electron chi connectivity index (χ3n) is 7.44. The zero-order chi connectivity index (χ0) is 25.9. The second kappa shape index (κ2) is 10.9. The molecule has 1 saturated carbocycles. The van der Waals surface area contributed by atoms with Gasteiger partial charge >= 0.3 is 0 Å². The molecule has 3 aromatic rings. The summed E-state index contributed by atoms with van der Waals surface area (Å²) in [6, 6.07) is 16.2. The lowest BCUT2D eigenvalue weighted by atomic mass is 9.80. The summed E-state index contributed by atoms with van der Waals surface area (Å²) in [5, 5.41) is 7.10. The lowest BCUT2D eigenvalue weighted by Gasteiger charge is -2.38. The molecule has 7 nitrogen and oxygen atoms in total. The van der Waals surface area contributed by atoms with Crippen molar-refractivity contribution in [3.8, 4) is 0 Å². The Hall–Kier alpha value is -3.39. The molecular formula is C29H31BrN4O3. The van der Waals surface area contributed by atoms with Gasteiger partial charge in [0.15, 0.2) is 0 Å². The van der Waals surface area contributed by atoms with E-state index in [0.29, 0.717) is 24.6 Å². The van der Waals surface area contributed by atoms with Crippen LogP contribution in [0.5, 0.6) is 0 Å². The highest BCUT2D eigenvalue weighted by atomic mass is 79.9. The first kappa shape index (κ1) is 25.3. The average molecular weight is 563 g/mol. The van der Waals surface area contributed by atoms with E-state index in [1.54, 1.807) is 11.1 Å². The fraction of sp³-hybridized carbons (Fsp3) is 0.345. The third-order valence-corrected chi connectivity index (χ3v) is 7.94. The molecule has 1 aromatic heterocycles. The fourth-order valence-corrected chi connectivity index (χ4v) is 5.90. The van der Waals surface area contributed by atoms with Gasteiger partial charge in [0, 0.05) is 46.6 Å². The fourth-order valence-electron chi connectivity index (χ4n) is 5.54. The number of rotatable bonds is 7. The van der Waals surface area contributed by atoms with E-state index in [9.17, 15) is 14.4 Å². The van der Waals surface area contributed by atoms with Crippen LogP contribution in [0, 0.1) is 0 Å². The number of halogens is 1. The number of carbonyl (C=O) groups excluding carboxylic acids is 3. The predicted octanol–water partition coefficient (Wildman–Crippen LogP) is 4.37. The van der Waals surface area contributed by atoms with Crippen LogP contribution < -0.4 is 10.6 Å². The molecule has 1 aliphatic heterocycles. The molecule has 2 fully saturated rings. The van der Waals surface area contributed by atoms with Crippen molar-refractivity contribution in [2.75, 3.05) is 13.1 Å². The van der Waals surface area contributed by atoms with Crippen LogP contribution in [0.25, 0.3) is 10.9 Å². The number of hydrogen-bond acceptors (Lipinski definition) is 3. The number of benzene rings is 2. The quantitative estimate of drug-likeness (QED) is 0.419. The molecule has 0 radical (unpaired) electrons. The van der Waals surface area contributed by atoms with Gasteiger partial charge in [-0.15, -0.1) is 0 Å².